The molecule has 2 aliphatic rings. The summed E-state index contributed by atoms with van der Waals surface area (Å²) in [5.74, 6) is 0.731. The average molecular weight is 222 g/mol. The molecule has 1 aromatic carbocycles. The summed E-state index contributed by atoms with van der Waals surface area (Å²) in [5.41, 5.74) is 3.20. The summed E-state index contributed by atoms with van der Waals surface area (Å²) in [7, 11) is 0. The highest BCUT2D eigenvalue weighted by atomic mass is 35.5. The predicted octanol–water partition coefficient (Wildman–Crippen LogP) is 2.87. The van der Waals surface area contributed by atoms with Gasteiger partial charge in [-0.1, -0.05) is 12.1 Å². The molecule has 1 aliphatic carbocycles. The first-order valence-corrected chi connectivity index (χ1v) is 5.74. The smallest absolute Gasteiger partial charge is 0.228 e. The van der Waals surface area contributed by atoms with Crippen molar-refractivity contribution < 1.29 is 4.79 Å². The summed E-state index contributed by atoms with van der Waals surface area (Å²) in [4.78, 5) is 11.2. The van der Waals surface area contributed by atoms with Crippen molar-refractivity contribution in [3.05, 3.63) is 29.3 Å². The van der Waals surface area contributed by atoms with E-state index in [1.54, 1.807) is 0 Å². The second kappa shape index (κ2) is 3.24. The number of rotatable bonds is 2. The third-order valence-electron chi connectivity index (χ3n) is 3.11. The zero-order valence-corrected chi connectivity index (χ0v) is 9.05. The summed E-state index contributed by atoms with van der Waals surface area (Å²) in [6.07, 6.45) is 2.97. The SMILES string of the molecule is O=C1Cc2cc(C(Cl)C3CC3)ccc2N1. The predicted molar refractivity (Wildman–Crippen MR) is 60.1 cm³/mol. The van der Waals surface area contributed by atoms with Crippen LogP contribution < -0.4 is 5.32 Å². The van der Waals surface area contributed by atoms with Gasteiger partial charge in [-0.2, -0.15) is 0 Å². The van der Waals surface area contributed by atoms with Gasteiger partial charge in [0.2, 0.25) is 5.91 Å². The van der Waals surface area contributed by atoms with Crippen LogP contribution in [0.4, 0.5) is 5.69 Å². The molecule has 1 saturated carbocycles. The monoisotopic (exact) mass is 221 g/mol. The van der Waals surface area contributed by atoms with Crippen LogP contribution >= 0.6 is 11.6 Å². The lowest BCUT2D eigenvalue weighted by Gasteiger charge is -2.09. The lowest BCUT2D eigenvalue weighted by atomic mass is 10.0. The van der Waals surface area contributed by atoms with E-state index in [1.165, 1.54) is 12.8 Å². The van der Waals surface area contributed by atoms with E-state index in [2.05, 4.69) is 11.4 Å². The number of carbonyl (C=O) groups excluding carboxylic acids is 1. The molecule has 3 rings (SSSR count). The van der Waals surface area contributed by atoms with Gasteiger partial charge in [-0.15, -0.1) is 11.6 Å². The van der Waals surface area contributed by atoms with Crippen molar-refractivity contribution in [2.45, 2.75) is 24.6 Å². The Bertz CT molecular complexity index is 426. The maximum absolute atomic E-state index is 11.2. The number of alkyl halides is 1. The summed E-state index contributed by atoms with van der Waals surface area (Å²) >= 11 is 6.34. The minimum absolute atomic E-state index is 0.0831. The minimum Gasteiger partial charge on any atom is -0.326 e. The Hall–Kier alpha value is -1.02. The first kappa shape index (κ1) is 9.22. The number of amides is 1. The molecule has 78 valence electrons. The van der Waals surface area contributed by atoms with Crippen molar-refractivity contribution >= 4 is 23.2 Å². The van der Waals surface area contributed by atoms with E-state index in [1.807, 2.05) is 12.1 Å². The van der Waals surface area contributed by atoms with E-state index in [4.69, 9.17) is 11.6 Å². The Balaban J connectivity index is 1.92. The fraction of sp³-hybridized carbons (Fsp3) is 0.417. The fourth-order valence-electron chi connectivity index (χ4n) is 2.08. The highest BCUT2D eigenvalue weighted by Crippen LogP contribution is 2.45. The van der Waals surface area contributed by atoms with E-state index in [-0.39, 0.29) is 11.3 Å². The molecular formula is C12H12ClNO. The van der Waals surface area contributed by atoms with E-state index >= 15 is 0 Å². The van der Waals surface area contributed by atoms with Crippen LogP contribution in [0.1, 0.15) is 29.3 Å². The first-order valence-electron chi connectivity index (χ1n) is 5.31. The second-order valence-corrected chi connectivity index (χ2v) is 4.85. The highest BCUT2D eigenvalue weighted by Gasteiger charge is 2.31. The van der Waals surface area contributed by atoms with Crippen molar-refractivity contribution in [3.63, 3.8) is 0 Å². The van der Waals surface area contributed by atoms with Crippen LogP contribution in [0.2, 0.25) is 0 Å². The van der Waals surface area contributed by atoms with Crippen LogP contribution in [0.5, 0.6) is 0 Å². The maximum Gasteiger partial charge on any atom is 0.228 e. The maximum atomic E-state index is 11.2. The lowest BCUT2D eigenvalue weighted by molar-refractivity contribution is -0.115. The average Bonchev–Trinajstić information content (AvgIpc) is 2.98. The molecular weight excluding hydrogens is 210 g/mol. The molecule has 0 saturated heterocycles. The third-order valence-corrected chi connectivity index (χ3v) is 3.72. The molecule has 1 aliphatic heterocycles. The number of benzene rings is 1. The number of carbonyl (C=O) groups is 1. The molecule has 1 aromatic rings. The van der Waals surface area contributed by atoms with Crippen LogP contribution in [0.25, 0.3) is 0 Å². The number of nitrogens with one attached hydrogen (secondary N) is 1. The zero-order chi connectivity index (χ0) is 10.4. The van der Waals surface area contributed by atoms with Crippen LogP contribution in [-0.2, 0) is 11.2 Å². The molecule has 1 amide bonds. The molecule has 1 atom stereocenters. The molecule has 1 fully saturated rings. The largest absolute Gasteiger partial charge is 0.326 e. The zero-order valence-electron chi connectivity index (χ0n) is 8.29. The van der Waals surface area contributed by atoms with Gasteiger partial charge >= 0.3 is 0 Å². The molecule has 2 nitrogen and oxygen atoms in total. The molecule has 0 bridgehead atoms. The Morgan fingerprint density at radius 2 is 2.20 bits per heavy atom. The van der Waals surface area contributed by atoms with Crippen LogP contribution in [0.15, 0.2) is 18.2 Å². The minimum atomic E-state index is 0.0831. The van der Waals surface area contributed by atoms with Crippen molar-refractivity contribution in [1.82, 2.24) is 0 Å². The molecule has 15 heavy (non-hydrogen) atoms. The molecule has 1 N–H and O–H groups in total. The van der Waals surface area contributed by atoms with Crippen LogP contribution in [-0.4, -0.2) is 5.91 Å². The Kier molecular flexibility index (Phi) is 1.99. The van der Waals surface area contributed by atoms with Crippen molar-refractivity contribution in [2.24, 2.45) is 5.92 Å². The van der Waals surface area contributed by atoms with Crippen molar-refractivity contribution in [1.29, 1.82) is 0 Å². The number of hydrogen-bond donors (Lipinski definition) is 1. The second-order valence-electron chi connectivity index (χ2n) is 4.38. The Labute approximate surface area is 93.6 Å². The topological polar surface area (TPSA) is 29.1 Å². The van der Waals surface area contributed by atoms with Gasteiger partial charge in [0.05, 0.1) is 11.8 Å². The molecule has 0 spiro atoms. The van der Waals surface area contributed by atoms with E-state index in [9.17, 15) is 4.79 Å². The van der Waals surface area contributed by atoms with Gasteiger partial charge in [0.25, 0.3) is 0 Å². The van der Waals surface area contributed by atoms with Gasteiger partial charge < -0.3 is 5.32 Å². The quantitative estimate of drug-likeness (QED) is 0.765. The lowest BCUT2D eigenvalue weighted by Crippen LogP contribution is -2.03. The molecule has 1 unspecified atom stereocenters. The number of fused-ring (bicyclic) bond motifs is 1. The number of halogens is 1. The van der Waals surface area contributed by atoms with E-state index < -0.39 is 0 Å². The standard InChI is InChI=1S/C12H12ClNO/c13-12(7-1-2-7)8-3-4-10-9(5-8)6-11(15)14-10/h3-5,7,12H,1-2,6H2,(H,14,15). The van der Waals surface area contributed by atoms with Crippen LogP contribution in [0.3, 0.4) is 0 Å². The van der Waals surface area contributed by atoms with Gasteiger partial charge in [-0.3, -0.25) is 4.79 Å². The number of anilines is 1. The van der Waals surface area contributed by atoms with Gasteiger partial charge in [0.15, 0.2) is 0 Å². The van der Waals surface area contributed by atoms with Crippen molar-refractivity contribution in [2.75, 3.05) is 5.32 Å². The summed E-state index contributed by atoms with van der Waals surface area (Å²) in [6.45, 7) is 0. The fourth-order valence-corrected chi connectivity index (χ4v) is 2.47. The van der Waals surface area contributed by atoms with Gasteiger partial charge in [0, 0.05) is 5.69 Å². The third kappa shape index (κ3) is 1.63. The summed E-state index contributed by atoms with van der Waals surface area (Å²) in [6, 6.07) is 6.07. The number of hydrogen-bond acceptors (Lipinski definition) is 1. The normalized spacial score (nSPS) is 21.0. The highest BCUT2D eigenvalue weighted by molar-refractivity contribution is 6.21. The summed E-state index contributed by atoms with van der Waals surface area (Å²) in [5, 5.41) is 2.96. The van der Waals surface area contributed by atoms with Gasteiger partial charge in [-0.25, -0.2) is 0 Å². The summed E-state index contributed by atoms with van der Waals surface area (Å²) < 4.78 is 0. The van der Waals surface area contributed by atoms with E-state index in [0.29, 0.717) is 12.3 Å². The van der Waals surface area contributed by atoms with Gasteiger partial charge in [-0.05, 0) is 36.0 Å². The molecule has 3 heteroatoms. The molecule has 0 aromatic heterocycles. The Morgan fingerprint density at radius 1 is 1.40 bits per heavy atom. The molecule has 0 radical (unpaired) electrons. The van der Waals surface area contributed by atoms with Crippen molar-refractivity contribution in [3.8, 4) is 0 Å². The Morgan fingerprint density at radius 3 is 2.93 bits per heavy atom. The first-order chi connectivity index (χ1) is 7.24. The molecule has 1 heterocycles. The van der Waals surface area contributed by atoms with E-state index in [0.717, 1.165) is 16.8 Å². The van der Waals surface area contributed by atoms with Gasteiger partial charge in [0.1, 0.15) is 0 Å². The van der Waals surface area contributed by atoms with Crippen LogP contribution in [0, 0.1) is 5.92 Å².